The van der Waals surface area contributed by atoms with E-state index in [1.165, 1.54) is 7.11 Å². The summed E-state index contributed by atoms with van der Waals surface area (Å²) in [5.74, 6) is 0.582. The Hall–Kier alpha value is -3.92. The number of benzene rings is 2. The quantitative estimate of drug-likeness (QED) is 0.666. The molecular formula is C20H17N5O2. The minimum Gasteiger partial charge on any atom is -0.465 e. The number of nitriles is 1. The van der Waals surface area contributed by atoms with E-state index in [2.05, 4.69) is 26.7 Å². The van der Waals surface area contributed by atoms with Crippen molar-refractivity contribution in [1.29, 1.82) is 5.26 Å². The van der Waals surface area contributed by atoms with Crippen molar-refractivity contribution in [2.75, 3.05) is 17.7 Å². The summed E-state index contributed by atoms with van der Waals surface area (Å²) in [6.07, 6.45) is 0. The van der Waals surface area contributed by atoms with Gasteiger partial charge in [-0.15, -0.1) is 0 Å². The maximum absolute atomic E-state index is 11.5. The molecule has 0 saturated heterocycles. The molecule has 1 aromatic heterocycles. The molecule has 134 valence electrons. The first-order valence-corrected chi connectivity index (χ1v) is 8.16. The van der Waals surface area contributed by atoms with Crippen LogP contribution in [-0.4, -0.2) is 23.0 Å². The van der Waals surface area contributed by atoms with Crippen molar-refractivity contribution < 1.29 is 9.53 Å². The summed E-state index contributed by atoms with van der Waals surface area (Å²) in [6, 6.07) is 18.0. The molecule has 0 bridgehead atoms. The highest BCUT2D eigenvalue weighted by atomic mass is 16.5. The highest BCUT2D eigenvalue weighted by Gasteiger charge is 2.08. The van der Waals surface area contributed by atoms with E-state index in [0.29, 0.717) is 28.6 Å². The maximum Gasteiger partial charge on any atom is 0.337 e. The number of hydrogen-bond acceptors (Lipinski definition) is 7. The molecule has 0 radical (unpaired) electrons. The average molecular weight is 359 g/mol. The van der Waals surface area contributed by atoms with Crippen molar-refractivity contribution >= 4 is 29.1 Å². The van der Waals surface area contributed by atoms with E-state index < -0.39 is 0 Å². The summed E-state index contributed by atoms with van der Waals surface area (Å²) in [6.45, 7) is 1.86. The van der Waals surface area contributed by atoms with Crippen LogP contribution in [0.1, 0.15) is 21.6 Å². The summed E-state index contributed by atoms with van der Waals surface area (Å²) in [7, 11) is 1.34. The number of esters is 1. The number of aromatic nitrogens is 2. The number of ether oxygens (including phenoxy) is 1. The average Bonchev–Trinajstić information content (AvgIpc) is 2.68. The fraction of sp³-hybridized carbons (Fsp3) is 0.100. The van der Waals surface area contributed by atoms with Gasteiger partial charge in [0, 0.05) is 17.4 Å². The Balaban J connectivity index is 1.81. The Kier molecular flexibility index (Phi) is 5.28. The molecule has 0 amide bonds. The SMILES string of the molecule is COC(=O)c1ccc(Nc2cc(C)nc(Nc3ccccc3C#N)n2)cc1. The van der Waals surface area contributed by atoms with E-state index in [4.69, 9.17) is 4.74 Å². The molecule has 1 heterocycles. The van der Waals surface area contributed by atoms with Crippen LogP contribution >= 0.6 is 0 Å². The Morgan fingerprint density at radius 2 is 1.81 bits per heavy atom. The van der Waals surface area contributed by atoms with E-state index in [1.807, 2.05) is 13.0 Å². The first-order valence-electron chi connectivity index (χ1n) is 8.16. The number of para-hydroxylation sites is 1. The highest BCUT2D eigenvalue weighted by molar-refractivity contribution is 5.89. The summed E-state index contributed by atoms with van der Waals surface area (Å²) in [5.41, 5.74) is 3.15. The fourth-order valence-corrected chi connectivity index (χ4v) is 2.45. The molecular weight excluding hydrogens is 342 g/mol. The standard InChI is InChI=1S/C20H17N5O2/c1-13-11-18(23-16-9-7-14(8-10-16)19(26)27-2)25-20(22-13)24-17-6-4-3-5-15(17)12-21/h3-11H,1-2H3,(H2,22,23,24,25). The Morgan fingerprint density at radius 3 is 2.52 bits per heavy atom. The molecule has 0 aliphatic carbocycles. The molecule has 7 heteroatoms. The molecule has 2 aromatic carbocycles. The van der Waals surface area contributed by atoms with Crippen LogP contribution in [0.2, 0.25) is 0 Å². The van der Waals surface area contributed by atoms with Gasteiger partial charge in [0.1, 0.15) is 11.9 Å². The van der Waals surface area contributed by atoms with Gasteiger partial charge in [0.25, 0.3) is 0 Å². The van der Waals surface area contributed by atoms with E-state index in [1.54, 1.807) is 48.5 Å². The number of carbonyl (C=O) groups excluding carboxylic acids is 1. The van der Waals surface area contributed by atoms with Gasteiger partial charge in [-0.3, -0.25) is 0 Å². The minimum absolute atomic E-state index is 0.381. The smallest absolute Gasteiger partial charge is 0.337 e. The second-order valence-electron chi connectivity index (χ2n) is 5.69. The molecule has 0 atom stereocenters. The Labute approximate surface area is 156 Å². The lowest BCUT2D eigenvalue weighted by atomic mass is 10.2. The molecule has 27 heavy (non-hydrogen) atoms. The van der Waals surface area contributed by atoms with Gasteiger partial charge in [-0.25, -0.2) is 9.78 Å². The van der Waals surface area contributed by atoms with Gasteiger partial charge in [0.05, 0.1) is 23.9 Å². The number of aryl methyl sites for hydroxylation is 1. The molecule has 2 N–H and O–H groups in total. The van der Waals surface area contributed by atoms with E-state index in [-0.39, 0.29) is 5.97 Å². The number of rotatable bonds is 5. The second-order valence-corrected chi connectivity index (χ2v) is 5.69. The van der Waals surface area contributed by atoms with E-state index in [0.717, 1.165) is 11.4 Å². The van der Waals surface area contributed by atoms with Crippen molar-refractivity contribution in [2.45, 2.75) is 6.92 Å². The number of nitrogens with one attached hydrogen (secondary N) is 2. The van der Waals surface area contributed by atoms with Crippen LogP contribution in [0.4, 0.5) is 23.1 Å². The monoisotopic (exact) mass is 359 g/mol. The van der Waals surface area contributed by atoms with E-state index in [9.17, 15) is 10.1 Å². The molecule has 0 saturated carbocycles. The number of methoxy groups -OCH3 is 1. The summed E-state index contributed by atoms with van der Waals surface area (Å²) >= 11 is 0. The van der Waals surface area contributed by atoms with E-state index >= 15 is 0 Å². The number of anilines is 4. The van der Waals surface area contributed by atoms with Crippen molar-refractivity contribution in [3.05, 3.63) is 71.4 Å². The number of nitrogens with zero attached hydrogens (tertiary/aromatic N) is 3. The Bertz CT molecular complexity index is 1010. The third-order valence-corrected chi connectivity index (χ3v) is 3.73. The van der Waals surface area contributed by atoms with Crippen LogP contribution in [-0.2, 0) is 4.74 Å². The summed E-state index contributed by atoms with van der Waals surface area (Å²) in [5, 5.41) is 15.5. The minimum atomic E-state index is -0.387. The lowest BCUT2D eigenvalue weighted by molar-refractivity contribution is 0.0601. The molecule has 0 spiro atoms. The third kappa shape index (κ3) is 4.38. The van der Waals surface area contributed by atoms with Crippen LogP contribution in [0.3, 0.4) is 0 Å². The molecule has 3 rings (SSSR count). The van der Waals surface area contributed by atoms with Gasteiger partial charge in [0.2, 0.25) is 5.95 Å². The summed E-state index contributed by atoms with van der Waals surface area (Å²) < 4.78 is 4.69. The Morgan fingerprint density at radius 1 is 1.07 bits per heavy atom. The predicted octanol–water partition coefficient (Wildman–Crippen LogP) is 3.93. The normalized spacial score (nSPS) is 9.96. The van der Waals surface area contributed by atoms with Crippen molar-refractivity contribution in [3.8, 4) is 6.07 Å². The van der Waals surface area contributed by atoms with Crippen LogP contribution in [0.25, 0.3) is 0 Å². The number of hydrogen-bond donors (Lipinski definition) is 2. The highest BCUT2D eigenvalue weighted by Crippen LogP contribution is 2.21. The zero-order chi connectivity index (χ0) is 19.2. The van der Waals surface area contributed by atoms with Crippen LogP contribution in [0.5, 0.6) is 0 Å². The predicted molar refractivity (Wildman–Crippen MR) is 102 cm³/mol. The first kappa shape index (κ1) is 17.9. The number of carbonyl (C=O) groups is 1. The van der Waals surface area contributed by atoms with Gasteiger partial charge >= 0.3 is 5.97 Å². The largest absolute Gasteiger partial charge is 0.465 e. The lowest BCUT2D eigenvalue weighted by Gasteiger charge is -2.11. The molecule has 0 fully saturated rings. The zero-order valence-electron chi connectivity index (χ0n) is 14.9. The van der Waals surface area contributed by atoms with Crippen LogP contribution in [0, 0.1) is 18.3 Å². The van der Waals surface area contributed by atoms with Gasteiger partial charge in [-0.05, 0) is 43.3 Å². The van der Waals surface area contributed by atoms with Crippen molar-refractivity contribution in [2.24, 2.45) is 0 Å². The lowest BCUT2D eigenvalue weighted by Crippen LogP contribution is -2.04. The van der Waals surface area contributed by atoms with Gasteiger partial charge in [0.15, 0.2) is 0 Å². The van der Waals surface area contributed by atoms with Crippen LogP contribution in [0.15, 0.2) is 54.6 Å². The zero-order valence-corrected chi connectivity index (χ0v) is 14.9. The molecule has 0 aliphatic rings. The van der Waals surface area contributed by atoms with Gasteiger partial charge in [-0.2, -0.15) is 10.2 Å². The fourth-order valence-electron chi connectivity index (χ4n) is 2.45. The second kappa shape index (κ2) is 7.97. The maximum atomic E-state index is 11.5. The molecule has 0 unspecified atom stereocenters. The summed E-state index contributed by atoms with van der Waals surface area (Å²) in [4.78, 5) is 20.3. The molecule has 7 nitrogen and oxygen atoms in total. The topological polar surface area (TPSA) is 99.9 Å². The molecule has 3 aromatic rings. The van der Waals surface area contributed by atoms with Crippen molar-refractivity contribution in [1.82, 2.24) is 9.97 Å². The first-order chi connectivity index (χ1) is 13.1. The van der Waals surface area contributed by atoms with Crippen LogP contribution < -0.4 is 10.6 Å². The van der Waals surface area contributed by atoms with Crippen molar-refractivity contribution in [3.63, 3.8) is 0 Å². The molecule has 0 aliphatic heterocycles. The van der Waals surface area contributed by atoms with Gasteiger partial charge in [-0.1, -0.05) is 12.1 Å². The van der Waals surface area contributed by atoms with Gasteiger partial charge < -0.3 is 15.4 Å². The third-order valence-electron chi connectivity index (χ3n) is 3.73.